The molecular weight excluding hydrogens is 222 g/mol. The van der Waals surface area contributed by atoms with Crippen LogP contribution in [0.3, 0.4) is 0 Å². The molecule has 2 atom stereocenters. The number of rotatable bonds is 8. The van der Waals surface area contributed by atoms with Crippen molar-refractivity contribution in [3.05, 3.63) is 0 Å². The van der Waals surface area contributed by atoms with Crippen LogP contribution >= 0.6 is 0 Å². The summed E-state index contributed by atoms with van der Waals surface area (Å²) in [6.45, 7) is 10.6. The summed E-state index contributed by atoms with van der Waals surface area (Å²) in [6, 6.07) is 0.391. The number of sulfone groups is 1. The lowest BCUT2D eigenvalue weighted by atomic mass is 10.2. The summed E-state index contributed by atoms with van der Waals surface area (Å²) in [7, 11) is -2.92. The van der Waals surface area contributed by atoms with E-state index in [1.807, 2.05) is 0 Å². The van der Waals surface area contributed by atoms with E-state index in [4.69, 9.17) is 0 Å². The first-order chi connectivity index (χ1) is 7.29. The highest BCUT2D eigenvalue weighted by Crippen LogP contribution is 2.08. The minimum absolute atomic E-state index is 0.278. The van der Waals surface area contributed by atoms with Crippen LogP contribution in [0.2, 0.25) is 0 Å². The summed E-state index contributed by atoms with van der Waals surface area (Å²) >= 11 is 0. The Morgan fingerprint density at radius 3 is 2.12 bits per heavy atom. The van der Waals surface area contributed by atoms with Crippen molar-refractivity contribution in [3.63, 3.8) is 0 Å². The molecule has 16 heavy (non-hydrogen) atoms. The monoisotopic (exact) mass is 249 g/mol. The summed E-state index contributed by atoms with van der Waals surface area (Å²) in [5.74, 6) is 0.762. The third kappa shape index (κ3) is 6.48. The van der Waals surface area contributed by atoms with Crippen molar-refractivity contribution in [2.75, 3.05) is 12.3 Å². The first-order valence-electron chi connectivity index (χ1n) is 6.24. The molecule has 0 aromatic rings. The van der Waals surface area contributed by atoms with Crippen molar-refractivity contribution < 1.29 is 8.42 Å². The SMILES string of the molecule is CCC(C)NCC(C)S(=O)(=O)CCC(C)C. The van der Waals surface area contributed by atoms with Crippen molar-refractivity contribution in [1.29, 1.82) is 0 Å². The van der Waals surface area contributed by atoms with Gasteiger partial charge in [0, 0.05) is 12.6 Å². The average Bonchev–Trinajstić information content (AvgIpc) is 2.22. The maximum atomic E-state index is 11.9. The van der Waals surface area contributed by atoms with Crippen LogP contribution in [-0.2, 0) is 9.84 Å². The zero-order chi connectivity index (χ0) is 12.8. The lowest BCUT2D eigenvalue weighted by Gasteiger charge is -2.17. The Bertz CT molecular complexity index is 273. The molecule has 2 unspecified atom stereocenters. The van der Waals surface area contributed by atoms with Gasteiger partial charge in [0.2, 0.25) is 0 Å². The number of nitrogens with one attached hydrogen (secondary N) is 1. The molecule has 0 aliphatic heterocycles. The first kappa shape index (κ1) is 15.9. The van der Waals surface area contributed by atoms with Crippen molar-refractivity contribution in [2.24, 2.45) is 5.92 Å². The molecule has 0 aliphatic rings. The van der Waals surface area contributed by atoms with Crippen molar-refractivity contribution in [2.45, 2.75) is 58.8 Å². The molecule has 0 bridgehead atoms. The van der Waals surface area contributed by atoms with E-state index in [1.54, 1.807) is 6.92 Å². The van der Waals surface area contributed by atoms with Crippen LogP contribution in [-0.4, -0.2) is 32.0 Å². The Hall–Kier alpha value is -0.0900. The molecule has 4 heteroatoms. The van der Waals surface area contributed by atoms with E-state index in [2.05, 4.69) is 33.0 Å². The van der Waals surface area contributed by atoms with Gasteiger partial charge in [0.1, 0.15) is 0 Å². The largest absolute Gasteiger partial charge is 0.313 e. The fourth-order valence-electron chi connectivity index (χ4n) is 1.24. The molecule has 3 nitrogen and oxygen atoms in total. The van der Waals surface area contributed by atoms with E-state index in [1.165, 1.54) is 0 Å². The second-order valence-electron chi connectivity index (χ2n) is 5.08. The first-order valence-corrected chi connectivity index (χ1v) is 7.96. The molecule has 0 heterocycles. The van der Waals surface area contributed by atoms with Crippen LogP contribution < -0.4 is 5.32 Å². The van der Waals surface area contributed by atoms with Crippen molar-refractivity contribution in [1.82, 2.24) is 5.32 Å². The second-order valence-corrected chi connectivity index (χ2v) is 7.62. The molecule has 0 saturated heterocycles. The van der Waals surface area contributed by atoms with Gasteiger partial charge in [-0.15, -0.1) is 0 Å². The Kier molecular flexibility index (Phi) is 7.24. The highest BCUT2D eigenvalue weighted by Gasteiger charge is 2.20. The summed E-state index contributed by atoms with van der Waals surface area (Å²) < 4.78 is 23.8. The molecule has 0 aliphatic carbocycles. The minimum atomic E-state index is -2.92. The number of hydrogen-bond acceptors (Lipinski definition) is 3. The van der Waals surface area contributed by atoms with Gasteiger partial charge in [-0.2, -0.15) is 0 Å². The molecule has 0 aromatic carbocycles. The van der Waals surface area contributed by atoms with E-state index < -0.39 is 9.84 Å². The molecule has 1 N–H and O–H groups in total. The van der Waals surface area contributed by atoms with Crippen LogP contribution in [0.15, 0.2) is 0 Å². The lowest BCUT2D eigenvalue weighted by molar-refractivity contribution is 0.516. The minimum Gasteiger partial charge on any atom is -0.313 e. The summed E-state index contributed by atoms with van der Waals surface area (Å²) in [5, 5.41) is 2.97. The summed E-state index contributed by atoms with van der Waals surface area (Å²) in [5.41, 5.74) is 0. The normalized spacial score (nSPS) is 16.4. The highest BCUT2D eigenvalue weighted by atomic mass is 32.2. The van der Waals surface area contributed by atoms with Crippen LogP contribution in [0.25, 0.3) is 0 Å². The Morgan fingerprint density at radius 2 is 1.69 bits per heavy atom. The van der Waals surface area contributed by atoms with Gasteiger partial charge >= 0.3 is 0 Å². The van der Waals surface area contributed by atoms with Crippen LogP contribution in [0, 0.1) is 5.92 Å². The third-order valence-corrected chi connectivity index (χ3v) is 5.16. The smallest absolute Gasteiger partial charge is 0.154 e. The van der Waals surface area contributed by atoms with Crippen molar-refractivity contribution >= 4 is 9.84 Å². The van der Waals surface area contributed by atoms with Crippen LogP contribution in [0.4, 0.5) is 0 Å². The van der Waals surface area contributed by atoms with Crippen LogP contribution in [0.5, 0.6) is 0 Å². The summed E-state index contributed by atoms with van der Waals surface area (Å²) in [4.78, 5) is 0. The highest BCUT2D eigenvalue weighted by molar-refractivity contribution is 7.92. The standard InChI is InChI=1S/C12H27NO2S/c1-6-11(4)13-9-12(5)16(14,15)8-7-10(2)3/h10-13H,6-9H2,1-5H3. The van der Waals surface area contributed by atoms with Crippen molar-refractivity contribution in [3.8, 4) is 0 Å². The number of hydrogen-bond donors (Lipinski definition) is 1. The average molecular weight is 249 g/mol. The molecule has 0 saturated carbocycles. The molecule has 0 fully saturated rings. The van der Waals surface area contributed by atoms with Gasteiger partial charge in [-0.25, -0.2) is 8.42 Å². The van der Waals surface area contributed by atoms with E-state index in [-0.39, 0.29) is 5.25 Å². The molecule has 0 spiro atoms. The van der Waals surface area contributed by atoms with Gasteiger partial charge in [-0.3, -0.25) is 0 Å². The van der Waals surface area contributed by atoms with Gasteiger partial charge in [0.15, 0.2) is 9.84 Å². The van der Waals surface area contributed by atoms with Gasteiger partial charge in [0.25, 0.3) is 0 Å². The molecule has 0 aromatic heterocycles. The maximum absolute atomic E-state index is 11.9. The molecule has 0 rings (SSSR count). The topological polar surface area (TPSA) is 46.2 Å². The third-order valence-electron chi connectivity index (χ3n) is 2.96. The van der Waals surface area contributed by atoms with Gasteiger partial charge in [0.05, 0.1) is 11.0 Å². The second kappa shape index (κ2) is 7.28. The maximum Gasteiger partial charge on any atom is 0.154 e. The van der Waals surface area contributed by atoms with Gasteiger partial charge in [-0.05, 0) is 32.6 Å². The Balaban J connectivity index is 4.09. The molecule has 0 radical (unpaired) electrons. The zero-order valence-electron chi connectivity index (χ0n) is 11.3. The summed E-state index contributed by atoms with van der Waals surface area (Å²) in [6.07, 6.45) is 1.79. The van der Waals surface area contributed by atoms with E-state index in [0.717, 1.165) is 12.8 Å². The zero-order valence-corrected chi connectivity index (χ0v) is 12.1. The molecule has 98 valence electrons. The molecule has 0 amide bonds. The fourth-order valence-corrected chi connectivity index (χ4v) is 2.79. The fraction of sp³-hybridized carbons (Fsp3) is 1.00. The predicted molar refractivity (Wildman–Crippen MR) is 70.5 cm³/mol. The predicted octanol–water partition coefficient (Wildman–Crippen LogP) is 2.22. The molecular formula is C12H27NO2S. The van der Waals surface area contributed by atoms with E-state index in [0.29, 0.717) is 24.3 Å². The van der Waals surface area contributed by atoms with Crippen LogP contribution in [0.1, 0.15) is 47.5 Å². The van der Waals surface area contributed by atoms with Gasteiger partial charge < -0.3 is 5.32 Å². The lowest BCUT2D eigenvalue weighted by Crippen LogP contribution is -2.37. The quantitative estimate of drug-likeness (QED) is 0.717. The van der Waals surface area contributed by atoms with E-state index >= 15 is 0 Å². The van der Waals surface area contributed by atoms with E-state index in [9.17, 15) is 8.42 Å². The Labute approximate surface area is 101 Å². The van der Waals surface area contributed by atoms with Gasteiger partial charge in [-0.1, -0.05) is 20.8 Å². The Morgan fingerprint density at radius 1 is 1.12 bits per heavy atom.